The van der Waals surface area contributed by atoms with Crippen molar-refractivity contribution in [3.8, 4) is 0 Å². The fourth-order valence-corrected chi connectivity index (χ4v) is 4.47. The molecule has 2 saturated heterocycles. The molecule has 8 heteroatoms. The van der Waals surface area contributed by atoms with Gasteiger partial charge >= 0.3 is 6.03 Å². The number of nitrogens with one attached hydrogen (secondary N) is 1. The molecule has 32 heavy (non-hydrogen) atoms. The number of rotatable bonds is 4. The highest BCUT2D eigenvalue weighted by molar-refractivity contribution is 5.89. The van der Waals surface area contributed by atoms with Gasteiger partial charge in [-0.05, 0) is 49.1 Å². The molecule has 0 saturated carbocycles. The van der Waals surface area contributed by atoms with Gasteiger partial charge in [0.25, 0.3) is 0 Å². The Kier molecular flexibility index (Phi) is 6.87. The molecule has 0 spiro atoms. The number of carbonyl (C=O) groups excluding carboxylic acids is 2. The van der Waals surface area contributed by atoms with Crippen molar-refractivity contribution >= 4 is 23.3 Å². The Hall–Kier alpha value is -3.16. The van der Waals surface area contributed by atoms with Gasteiger partial charge in [-0.3, -0.25) is 4.79 Å². The van der Waals surface area contributed by atoms with Crippen molar-refractivity contribution in [1.29, 1.82) is 0 Å². The fraction of sp³-hybridized carbons (Fsp3) is 0.417. The monoisotopic (exact) mass is 442 g/mol. The number of anilines is 2. The number of likely N-dealkylation sites (tertiary alicyclic amines) is 1. The lowest BCUT2D eigenvalue weighted by molar-refractivity contribution is -0.132. The van der Waals surface area contributed by atoms with Crippen molar-refractivity contribution in [2.75, 3.05) is 49.5 Å². The van der Waals surface area contributed by atoms with Crippen molar-refractivity contribution < 1.29 is 18.4 Å². The summed E-state index contributed by atoms with van der Waals surface area (Å²) < 4.78 is 27.4. The van der Waals surface area contributed by atoms with Crippen molar-refractivity contribution in [2.45, 2.75) is 19.3 Å². The normalized spacial score (nSPS) is 19.1. The molecular weight excluding hydrogens is 414 g/mol. The Morgan fingerprint density at radius 3 is 2.47 bits per heavy atom. The number of halogens is 2. The zero-order valence-electron chi connectivity index (χ0n) is 18.0. The average molecular weight is 443 g/mol. The Morgan fingerprint density at radius 2 is 1.72 bits per heavy atom. The largest absolute Gasteiger partial charge is 0.366 e. The maximum Gasteiger partial charge on any atom is 0.321 e. The van der Waals surface area contributed by atoms with Gasteiger partial charge in [0.15, 0.2) is 0 Å². The van der Waals surface area contributed by atoms with Crippen LogP contribution in [0.3, 0.4) is 0 Å². The van der Waals surface area contributed by atoms with Gasteiger partial charge in [0, 0.05) is 51.4 Å². The Balaban J connectivity index is 1.26. The van der Waals surface area contributed by atoms with E-state index in [1.807, 2.05) is 15.9 Å². The molecule has 4 rings (SSSR count). The van der Waals surface area contributed by atoms with Crippen LogP contribution in [-0.2, 0) is 4.79 Å². The first kappa shape index (κ1) is 22.0. The molecule has 2 aliphatic rings. The van der Waals surface area contributed by atoms with Gasteiger partial charge in [0.05, 0.1) is 5.69 Å². The standard InChI is InChI=1S/C24H28F2N4O2/c25-19-6-3-7-20(16-19)27-24(32)30-10-4-5-18(17-30)15-23(31)29-13-11-28(12-14-29)22-9-2-1-8-21(22)26/h1-3,6-9,16,18H,4-5,10-15,17H2,(H,27,32). The molecule has 2 aliphatic heterocycles. The second-order valence-electron chi connectivity index (χ2n) is 8.42. The highest BCUT2D eigenvalue weighted by atomic mass is 19.1. The van der Waals surface area contributed by atoms with E-state index in [-0.39, 0.29) is 23.7 Å². The molecule has 2 heterocycles. The number of hydrogen-bond donors (Lipinski definition) is 1. The summed E-state index contributed by atoms with van der Waals surface area (Å²) in [5, 5.41) is 2.73. The zero-order valence-corrected chi connectivity index (χ0v) is 18.0. The van der Waals surface area contributed by atoms with Crippen molar-refractivity contribution in [2.24, 2.45) is 5.92 Å². The summed E-state index contributed by atoms with van der Waals surface area (Å²) in [6.45, 7) is 3.43. The first-order chi connectivity index (χ1) is 15.5. The van der Waals surface area contributed by atoms with Gasteiger partial charge in [-0.1, -0.05) is 18.2 Å². The molecule has 0 bridgehead atoms. The van der Waals surface area contributed by atoms with Crippen LogP contribution in [0.25, 0.3) is 0 Å². The van der Waals surface area contributed by atoms with E-state index in [9.17, 15) is 18.4 Å². The van der Waals surface area contributed by atoms with Crippen LogP contribution in [-0.4, -0.2) is 61.0 Å². The predicted molar refractivity (Wildman–Crippen MR) is 120 cm³/mol. The SMILES string of the molecule is O=C(CC1CCCN(C(=O)Nc2cccc(F)c2)C1)N1CCN(c2ccccc2F)CC1. The van der Waals surface area contributed by atoms with E-state index in [4.69, 9.17) is 0 Å². The number of piperidine rings is 1. The summed E-state index contributed by atoms with van der Waals surface area (Å²) in [5.74, 6) is -0.471. The van der Waals surface area contributed by atoms with E-state index in [1.165, 1.54) is 18.2 Å². The second kappa shape index (κ2) is 9.97. The van der Waals surface area contributed by atoms with Crippen LogP contribution in [0.4, 0.5) is 25.0 Å². The summed E-state index contributed by atoms with van der Waals surface area (Å²) in [4.78, 5) is 30.9. The quantitative estimate of drug-likeness (QED) is 0.780. The molecule has 170 valence electrons. The number of benzene rings is 2. The molecule has 0 aromatic heterocycles. The van der Waals surface area contributed by atoms with Gasteiger partial charge in [-0.25, -0.2) is 13.6 Å². The van der Waals surface area contributed by atoms with E-state index in [1.54, 1.807) is 29.2 Å². The van der Waals surface area contributed by atoms with Crippen molar-refractivity contribution in [3.63, 3.8) is 0 Å². The number of piperazine rings is 1. The zero-order chi connectivity index (χ0) is 22.5. The number of nitrogens with zero attached hydrogens (tertiary/aromatic N) is 3. The highest BCUT2D eigenvalue weighted by Crippen LogP contribution is 2.24. The van der Waals surface area contributed by atoms with E-state index < -0.39 is 5.82 Å². The van der Waals surface area contributed by atoms with Gasteiger partial charge < -0.3 is 20.0 Å². The maximum atomic E-state index is 14.0. The minimum Gasteiger partial charge on any atom is -0.366 e. The second-order valence-corrected chi connectivity index (χ2v) is 8.42. The summed E-state index contributed by atoms with van der Waals surface area (Å²) in [7, 11) is 0. The van der Waals surface area contributed by atoms with Crippen LogP contribution in [0.1, 0.15) is 19.3 Å². The Morgan fingerprint density at radius 1 is 0.938 bits per heavy atom. The number of hydrogen-bond acceptors (Lipinski definition) is 3. The highest BCUT2D eigenvalue weighted by Gasteiger charge is 2.29. The number of carbonyl (C=O) groups is 2. The third-order valence-corrected chi connectivity index (χ3v) is 6.17. The lowest BCUT2D eigenvalue weighted by atomic mass is 9.94. The van der Waals surface area contributed by atoms with Crippen LogP contribution in [0.2, 0.25) is 0 Å². The van der Waals surface area contributed by atoms with Crippen LogP contribution < -0.4 is 10.2 Å². The summed E-state index contributed by atoms with van der Waals surface area (Å²) in [6.07, 6.45) is 2.11. The predicted octanol–water partition coefficient (Wildman–Crippen LogP) is 3.95. The lowest BCUT2D eigenvalue weighted by Gasteiger charge is -2.38. The molecule has 0 aliphatic carbocycles. The van der Waals surface area contributed by atoms with Crippen LogP contribution in [0.5, 0.6) is 0 Å². The summed E-state index contributed by atoms with van der Waals surface area (Å²) in [6, 6.07) is 12.2. The minimum atomic E-state index is -0.403. The van der Waals surface area contributed by atoms with Crippen molar-refractivity contribution in [3.05, 3.63) is 60.2 Å². The topological polar surface area (TPSA) is 55.9 Å². The minimum absolute atomic E-state index is 0.0792. The van der Waals surface area contributed by atoms with Gasteiger partial charge in [-0.15, -0.1) is 0 Å². The molecular formula is C24H28F2N4O2. The van der Waals surface area contributed by atoms with E-state index in [0.29, 0.717) is 57.1 Å². The Bertz CT molecular complexity index is 963. The first-order valence-electron chi connectivity index (χ1n) is 11.1. The van der Waals surface area contributed by atoms with Crippen LogP contribution in [0.15, 0.2) is 48.5 Å². The van der Waals surface area contributed by atoms with Gasteiger partial charge in [0.1, 0.15) is 11.6 Å². The number of para-hydroxylation sites is 1. The maximum absolute atomic E-state index is 14.0. The summed E-state index contributed by atoms with van der Waals surface area (Å²) in [5.41, 5.74) is 0.993. The molecule has 0 radical (unpaired) electrons. The smallest absolute Gasteiger partial charge is 0.321 e. The molecule has 3 amide bonds. The molecule has 2 aromatic carbocycles. The van der Waals surface area contributed by atoms with Gasteiger partial charge in [-0.2, -0.15) is 0 Å². The Labute approximate surface area is 186 Å². The molecule has 2 aromatic rings. The molecule has 1 unspecified atom stereocenters. The lowest BCUT2D eigenvalue weighted by Crippen LogP contribution is -2.50. The molecule has 1 N–H and O–H groups in total. The molecule has 2 fully saturated rings. The van der Waals surface area contributed by atoms with E-state index >= 15 is 0 Å². The van der Waals surface area contributed by atoms with Crippen LogP contribution in [0, 0.1) is 17.6 Å². The molecule has 1 atom stereocenters. The fourth-order valence-electron chi connectivity index (χ4n) is 4.47. The van der Waals surface area contributed by atoms with Gasteiger partial charge in [0.2, 0.25) is 5.91 Å². The average Bonchev–Trinajstić information content (AvgIpc) is 2.80. The van der Waals surface area contributed by atoms with E-state index in [2.05, 4.69) is 5.32 Å². The first-order valence-corrected chi connectivity index (χ1v) is 11.1. The third kappa shape index (κ3) is 5.36. The number of amides is 3. The van der Waals surface area contributed by atoms with Crippen LogP contribution >= 0.6 is 0 Å². The van der Waals surface area contributed by atoms with E-state index in [0.717, 1.165) is 12.8 Å². The summed E-state index contributed by atoms with van der Waals surface area (Å²) >= 11 is 0. The molecule has 6 nitrogen and oxygen atoms in total. The third-order valence-electron chi connectivity index (χ3n) is 6.17. The van der Waals surface area contributed by atoms with Crippen molar-refractivity contribution in [1.82, 2.24) is 9.80 Å². The number of urea groups is 1.